The Kier molecular flexibility index (Phi) is 5.52. The summed E-state index contributed by atoms with van der Waals surface area (Å²) >= 11 is 0. The SMILES string of the molecule is Nc1ncc(-c2nc(N3CCOCC3)nc3c2ncn3C2(CC(F)(F)F)CCNCC2)cn1. The lowest BCUT2D eigenvalue weighted by Gasteiger charge is -2.39. The largest absolute Gasteiger partial charge is 0.391 e. The quantitative estimate of drug-likeness (QED) is 0.596. The van der Waals surface area contributed by atoms with Crippen molar-refractivity contribution >= 4 is 23.1 Å². The molecular formula is C20H24F3N9O. The second-order valence-corrected chi connectivity index (χ2v) is 8.35. The van der Waals surface area contributed by atoms with Crippen molar-refractivity contribution in [1.82, 2.24) is 34.8 Å². The van der Waals surface area contributed by atoms with Crippen molar-refractivity contribution in [3.05, 3.63) is 18.7 Å². The maximum absolute atomic E-state index is 13.7. The van der Waals surface area contributed by atoms with E-state index in [9.17, 15) is 13.2 Å². The molecule has 13 heteroatoms. The summed E-state index contributed by atoms with van der Waals surface area (Å²) in [5, 5.41) is 3.16. The summed E-state index contributed by atoms with van der Waals surface area (Å²) in [6.07, 6.45) is -0.137. The second kappa shape index (κ2) is 8.37. The molecule has 176 valence electrons. The number of alkyl halides is 3. The summed E-state index contributed by atoms with van der Waals surface area (Å²) in [6, 6.07) is 0. The lowest BCUT2D eigenvalue weighted by Crippen LogP contribution is -2.46. The van der Waals surface area contributed by atoms with Gasteiger partial charge in [0, 0.05) is 31.0 Å². The third-order valence-electron chi connectivity index (χ3n) is 6.20. The normalized spacial score (nSPS) is 19.2. The standard InChI is InChI=1S/C20H24F3N9O/c21-20(22,23)11-19(1-3-25-4-2-19)32-12-28-15-14(13-9-26-17(24)27-10-13)29-18(30-16(15)32)31-5-7-33-8-6-31/h9-10,12,25H,1-8,11H2,(H2,24,26,27). The zero-order valence-electron chi connectivity index (χ0n) is 17.8. The van der Waals surface area contributed by atoms with Gasteiger partial charge in [-0.1, -0.05) is 0 Å². The Hall–Kier alpha value is -3.06. The number of aromatic nitrogens is 6. The van der Waals surface area contributed by atoms with Crippen LogP contribution in [0.25, 0.3) is 22.4 Å². The van der Waals surface area contributed by atoms with E-state index in [4.69, 9.17) is 20.4 Å². The molecule has 3 N–H and O–H groups in total. The number of hydrogen-bond acceptors (Lipinski definition) is 9. The van der Waals surface area contributed by atoms with Gasteiger partial charge in [-0.25, -0.2) is 19.9 Å². The summed E-state index contributed by atoms with van der Waals surface area (Å²) in [7, 11) is 0. The molecule has 0 unspecified atom stereocenters. The number of halogens is 3. The van der Waals surface area contributed by atoms with Crippen molar-refractivity contribution in [3.63, 3.8) is 0 Å². The summed E-state index contributed by atoms with van der Waals surface area (Å²) in [4.78, 5) is 23.9. The van der Waals surface area contributed by atoms with Crippen LogP contribution < -0.4 is 16.0 Å². The predicted octanol–water partition coefficient (Wildman–Crippen LogP) is 1.73. The molecule has 10 nitrogen and oxygen atoms in total. The van der Waals surface area contributed by atoms with Gasteiger partial charge < -0.3 is 25.3 Å². The molecule has 33 heavy (non-hydrogen) atoms. The van der Waals surface area contributed by atoms with Crippen LogP contribution in [0.4, 0.5) is 25.1 Å². The molecule has 3 aromatic heterocycles. The minimum atomic E-state index is -4.33. The number of hydrogen-bond donors (Lipinski definition) is 2. The fourth-order valence-electron chi connectivity index (χ4n) is 4.57. The molecule has 0 aliphatic carbocycles. The lowest BCUT2D eigenvalue weighted by atomic mass is 9.84. The Morgan fingerprint density at radius 1 is 1.06 bits per heavy atom. The molecule has 2 aliphatic heterocycles. The third-order valence-corrected chi connectivity index (χ3v) is 6.20. The number of nitrogen functional groups attached to an aromatic ring is 1. The van der Waals surface area contributed by atoms with Crippen LogP contribution in [-0.4, -0.2) is 75.1 Å². The number of anilines is 2. The highest BCUT2D eigenvalue weighted by Crippen LogP contribution is 2.41. The zero-order chi connectivity index (χ0) is 23.1. The van der Waals surface area contributed by atoms with Crippen LogP contribution in [0.2, 0.25) is 0 Å². The first-order valence-electron chi connectivity index (χ1n) is 10.8. The first kappa shape index (κ1) is 21.8. The first-order chi connectivity index (χ1) is 15.8. The first-order valence-corrected chi connectivity index (χ1v) is 10.8. The number of fused-ring (bicyclic) bond motifs is 1. The second-order valence-electron chi connectivity index (χ2n) is 8.35. The van der Waals surface area contributed by atoms with Crippen LogP contribution in [0.5, 0.6) is 0 Å². The summed E-state index contributed by atoms with van der Waals surface area (Å²) < 4.78 is 48.1. The Bertz CT molecular complexity index is 1120. The van der Waals surface area contributed by atoms with Gasteiger partial charge in [-0.15, -0.1) is 0 Å². The van der Waals surface area contributed by atoms with Gasteiger partial charge in [0.1, 0.15) is 11.2 Å². The molecule has 2 saturated heterocycles. The Morgan fingerprint density at radius 3 is 2.42 bits per heavy atom. The number of morpholine rings is 1. The van der Waals surface area contributed by atoms with Crippen molar-refractivity contribution < 1.29 is 17.9 Å². The molecule has 0 radical (unpaired) electrons. The van der Waals surface area contributed by atoms with Crippen LogP contribution in [0.1, 0.15) is 19.3 Å². The maximum Gasteiger partial charge on any atom is 0.391 e. The molecule has 2 aliphatic rings. The monoisotopic (exact) mass is 463 g/mol. The molecule has 0 spiro atoms. The van der Waals surface area contributed by atoms with Gasteiger partial charge >= 0.3 is 6.18 Å². The maximum atomic E-state index is 13.7. The van der Waals surface area contributed by atoms with Gasteiger partial charge in [0.05, 0.1) is 31.5 Å². The van der Waals surface area contributed by atoms with E-state index in [0.29, 0.717) is 80.6 Å². The van der Waals surface area contributed by atoms with Gasteiger partial charge in [0.15, 0.2) is 5.65 Å². The molecule has 0 atom stereocenters. The number of ether oxygens (including phenoxy) is 1. The Balaban J connectivity index is 1.70. The molecule has 0 amide bonds. The van der Waals surface area contributed by atoms with E-state index in [-0.39, 0.29) is 5.95 Å². The molecule has 0 bridgehead atoms. The topological polar surface area (TPSA) is 120 Å². The van der Waals surface area contributed by atoms with Gasteiger partial charge in [-0.3, -0.25) is 0 Å². The third kappa shape index (κ3) is 4.29. The average Bonchev–Trinajstić information content (AvgIpc) is 3.24. The van der Waals surface area contributed by atoms with Crippen LogP contribution >= 0.6 is 0 Å². The van der Waals surface area contributed by atoms with Gasteiger partial charge in [-0.2, -0.15) is 18.2 Å². The predicted molar refractivity (Wildman–Crippen MR) is 115 cm³/mol. The number of nitrogens with two attached hydrogens (primary N) is 1. The Labute approximate surface area is 187 Å². The van der Waals surface area contributed by atoms with E-state index < -0.39 is 18.1 Å². The molecule has 2 fully saturated rings. The average molecular weight is 463 g/mol. The van der Waals surface area contributed by atoms with Gasteiger partial charge in [0.2, 0.25) is 11.9 Å². The fraction of sp³-hybridized carbons (Fsp3) is 0.550. The minimum Gasteiger partial charge on any atom is -0.378 e. The van der Waals surface area contributed by atoms with E-state index in [1.807, 2.05) is 4.90 Å². The number of rotatable bonds is 4. The van der Waals surface area contributed by atoms with E-state index in [2.05, 4.69) is 20.3 Å². The summed E-state index contributed by atoms with van der Waals surface area (Å²) in [6.45, 7) is 3.16. The molecule has 3 aromatic rings. The highest BCUT2D eigenvalue weighted by molar-refractivity contribution is 5.88. The summed E-state index contributed by atoms with van der Waals surface area (Å²) in [5.41, 5.74) is 6.24. The molecule has 5 rings (SSSR count). The Morgan fingerprint density at radius 2 is 1.76 bits per heavy atom. The van der Waals surface area contributed by atoms with Crippen LogP contribution in [0.3, 0.4) is 0 Å². The van der Waals surface area contributed by atoms with Crippen LogP contribution in [-0.2, 0) is 10.3 Å². The minimum absolute atomic E-state index is 0.113. The van der Waals surface area contributed by atoms with E-state index in [1.54, 1.807) is 4.57 Å². The van der Waals surface area contributed by atoms with E-state index in [1.165, 1.54) is 18.7 Å². The number of nitrogens with zero attached hydrogens (tertiary/aromatic N) is 7. The molecular weight excluding hydrogens is 439 g/mol. The molecule has 0 aromatic carbocycles. The van der Waals surface area contributed by atoms with Gasteiger partial charge in [0.25, 0.3) is 0 Å². The molecule has 5 heterocycles. The van der Waals surface area contributed by atoms with E-state index in [0.717, 1.165) is 0 Å². The highest BCUT2D eigenvalue weighted by Gasteiger charge is 2.45. The van der Waals surface area contributed by atoms with Gasteiger partial charge in [-0.05, 0) is 25.9 Å². The number of piperidine rings is 1. The van der Waals surface area contributed by atoms with Crippen LogP contribution in [0.15, 0.2) is 18.7 Å². The zero-order valence-corrected chi connectivity index (χ0v) is 17.8. The highest BCUT2D eigenvalue weighted by atomic mass is 19.4. The van der Waals surface area contributed by atoms with Crippen molar-refractivity contribution in [3.8, 4) is 11.3 Å². The van der Waals surface area contributed by atoms with Crippen LogP contribution in [0, 0.1) is 0 Å². The molecule has 0 saturated carbocycles. The van der Waals surface area contributed by atoms with Crippen molar-refractivity contribution in [2.45, 2.75) is 31.0 Å². The fourth-order valence-corrected chi connectivity index (χ4v) is 4.57. The van der Waals surface area contributed by atoms with Crippen molar-refractivity contribution in [1.29, 1.82) is 0 Å². The smallest absolute Gasteiger partial charge is 0.378 e. The van der Waals surface area contributed by atoms with Crippen molar-refractivity contribution in [2.75, 3.05) is 50.0 Å². The summed E-state index contributed by atoms with van der Waals surface area (Å²) in [5.74, 6) is 0.525. The number of imidazole rings is 1. The number of nitrogens with one attached hydrogen (secondary N) is 1. The lowest BCUT2D eigenvalue weighted by molar-refractivity contribution is -0.158. The van der Waals surface area contributed by atoms with Crippen molar-refractivity contribution in [2.24, 2.45) is 0 Å². The van der Waals surface area contributed by atoms with E-state index >= 15 is 0 Å².